The Balaban J connectivity index is 2.04. The monoisotopic (exact) mass is 337 g/mol. The smallest absolute Gasteiger partial charge is 0.387 e. The van der Waals surface area contributed by atoms with E-state index in [4.69, 9.17) is 5.11 Å². The maximum Gasteiger partial charge on any atom is 0.387 e. The second-order valence-corrected chi connectivity index (χ2v) is 5.34. The Morgan fingerprint density at radius 3 is 2.71 bits per heavy atom. The van der Waals surface area contributed by atoms with Gasteiger partial charge in [-0.2, -0.15) is 8.78 Å². The van der Waals surface area contributed by atoms with Crippen LogP contribution in [0.4, 0.5) is 20.3 Å². The van der Waals surface area contributed by atoms with Crippen LogP contribution in [0.3, 0.4) is 0 Å². The molecule has 7 heteroatoms. The van der Waals surface area contributed by atoms with E-state index in [9.17, 15) is 8.78 Å². The van der Waals surface area contributed by atoms with Crippen molar-refractivity contribution in [3.8, 4) is 5.75 Å². The first-order valence-electron chi connectivity index (χ1n) is 7.56. The van der Waals surface area contributed by atoms with Crippen molar-refractivity contribution in [2.45, 2.75) is 20.1 Å². The number of hydrogen-bond donors (Lipinski definition) is 2. The van der Waals surface area contributed by atoms with Crippen molar-refractivity contribution in [3.63, 3.8) is 0 Å². The first-order valence-corrected chi connectivity index (χ1v) is 7.56. The lowest BCUT2D eigenvalue weighted by atomic mass is 10.1. The molecular weight excluding hydrogens is 316 g/mol. The zero-order chi connectivity index (χ0) is 17.5. The third-order valence-electron chi connectivity index (χ3n) is 3.58. The predicted molar refractivity (Wildman–Crippen MR) is 89.7 cm³/mol. The topological polar surface area (TPSA) is 57.6 Å². The Bertz CT molecular complexity index is 651. The van der Waals surface area contributed by atoms with Gasteiger partial charge in [0.1, 0.15) is 11.6 Å². The number of aromatic nitrogens is 1. The van der Waals surface area contributed by atoms with Gasteiger partial charge in [-0.3, -0.25) is 0 Å². The summed E-state index contributed by atoms with van der Waals surface area (Å²) in [5, 5.41) is 12.0. The molecule has 0 atom stereocenters. The van der Waals surface area contributed by atoms with Crippen LogP contribution >= 0.6 is 0 Å². The molecule has 5 nitrogen and oxygen atoms in total. The lowest BCUT2D eigenvalue weighted by Crippen LogP contribution is -2.21. The number of ether oxygens (including phenoxy) is 1. The van der Waals surface area contributed by atoms with Crippen LogP contribution in [0, 0.1) is 6.92 Å². The Labute approximate surface area is 139 Å². The van der Waals surface area contributed by atoms with Crippen molar-refractivity contribution < 1.29 is 18.6 Å². The Hall–Kier alpha value is -2.41. The van der Waals surface area contributed by atoms with E-state index in [1.54, 1.807) is 37.4 Å². The molecule has 0 unspecified atom stereocenters. The summed E-state index contributed by atoms with van der Waals surface area (Å²) < 4.78 is 29.7. The van der Waals surface area contributed by atoms with Crippen LogP contribution in [-0.4, -0.2) is 36.9 Å². The molecule has 1 aromatic carbocycles. The number of pyridine rings is 1. The number of aliphatic hydroxyl groups is 1. The van der Waals surface area contributed by atoms with E-state index in [-0.39, 0.29) is 12.4 Å². The quantitative estimate of drug-likeness (QED) is 0.775. The molecule has 2 aromatic rings. The van der Waals surface area contributed by atoms with Crippen LogP contribution in [0.25, 0.3) is 0 Å². The highest BCUT2D eigenvalue weighted by atomic mass is 19.3. The normalized spacial score (nSPS) is 10.8. The van der Waals surface area contributed by atoms with Crippen LogP contribution in [0.5, 0.6) is 5.75 Å². The highest BCUT2D eigenvalue weighted by molar-refractivity contribution is 5.50. The summed E-state index contributed by atoms with van der Waals surface area (Å²) in [5.74, 6) is 0.819. The van der Waals surface area contributed by atoms with Crippen LogP contribution in [0.15, 0.2) is 36.5 Å². The maximum atomic E-state index is 12.5. The summed E-state index contributed by atoms with van der Waals surface area (Å²) in [4.78, 5) is 6.17. The molecule has 0 radical (unpaired) electrons. The van der Waals surface area contributed by atoms with E-state index in [0.717, 1.165) is 5.69 Å². The molecule has 130 valence electrons. The number of nitrogens with zero attached hydrogens (tertiary/aromatic N) is 2. The van der Waals surface area contributed by atoms with Crippen molar-refractivity contribution in [2.75, 3.05) is 30.4 Å². The number of aryl methyl sites for hydroxylation is 1. The van der Waals surface area contributed by atoms with E-state index >= 15 is 0 Å². The number of para-hydroxylation sites is 1. The summed E-state index contributed by atoms with van der Waals surface area (Å²) >= 11 is 0. The van der Waals surface area contributed by atoms with Crippen LogP contribution in [0.2, 0.25) is 0 Å². The SMILES string of the molecule is Cc1cccc(CNc2ccc(N(C)CCO)cn2)c1OC(F)F. The van der Waals surface area contributed by atoms with Crippen molar-refractivity contribution in [3.05, 3.63) is 47.7 Å². The molecule has 0 aliphatic carbocycles. The van der Waals surface area contributed by atoms with Gasteiger partial charge >= 0.3 is 6.61 Å². The van der Waals surface area contributed by atoms with Gasteiger partial charge in [0, 0.05) is 25.7 Å². The summed E-state index contributed by atoms with van der Waals surface area (Å²) in [6.07, 6.45) is 1.69. The highest BCUT2D eigenvalue weighted by Crippen LogP contribution is 2.26. The van der Waals surface area contributed by atoms with Gasteiger partial charge in [0.15, 0.2) is 0 Å². The van der Waals surface area contributed by atoms with E-state index in [0.29, 0.717) is 30.0 Å². The maximum absolute atomic E-state index is 12.5. The summed E-state index contributed by atoms with van der Waals surface area (Å²) in [6, 6.07) is 8.93. The largest absolute Gasteiger partial charge is 0.434 e. The van der Waals surface area contributed by atoms with Gasteiger partial charge in [-0.15, -0.1) is 0 Å². The molecule has 0 aliphatic rings. The number of benzene rings is 1. The first kappa shape index (κ1) is 17.9. The second-order valence-electron chi connectivity index (χ2n) is 5.34. The number of rotatable bonds is 8. The molecule has 0 fully saturated rings. The number of aliphatic hydroxyl groups excluding tert-OH is 1. The van der Waals surface area contributed by atoms with E-state index in [2.05, 4.69) is 15.0 Å². The van der Waals surface area contributed by atoms with Gasteiger partial charge in [0.25, 0.3) is 0 Å². The van der Waals surface area contributed by atoms with Gasteiger partial charge in [-0.05, 0) is 24.6 Å². The molecule has 0 bridgehead atoms. The number of nitrogens with one attached hydrogen (secondary N) is 1. The Kier molecular flexibility index (Phi) is 6.31. The average Bonchev–Trinajstić information content (AvgIpc) is 2.56. The molecule has 2 N–H and O–H groups in total. The third kappa shape index (κ3) is 4.79. The summed E-state index contributed by atoms with van der Waals surface area (Å²) in [6.45, 7) is -0.222. The predicted octanol–water partition coefficient (Wildman–Crippen LogP) is 3.03. The molecule has 1 aromatic heterocycles. The van der Waals surface area contributed by atoms with E-state index in [1.807, 2.05) is 18.0 Å². The van der Waals surface area contributed by atoms with E-state index in [1.165, 1.54) is 0 Å². The van der Waals surface area contributed by atoms with E-state index < -0.39 is 6.61 Å². The second kappa shape index (κ2) is 8.44. The molecule has 0 aliphatic heterocycles. The fraction of sp³-hybridized carbons (Fsp3) is 0.353. The lowest BCUT2D eigenvalue weighted by molar-refractivity contribution is -0.0508. The van der Waals surface area contributed by atoms with Crippen molar-refractivity contribution in [2.24, 2.45) is 0 Å². The van der Waals surface area contributed by atoms with Gasteiger partial charge < -0.3 is 20.1 Å². The van der Waals surface area contributed by atoms with Gasteiger partial charge in [0.2, 0.25) is 0 Å². The van der Waals surface area contributed by atoms with Crippen molar-refractivity contribution in [1.82, 2.24) is 4.98 Å². The van der Waals surface area contributed by atoms with Crippen LogP contribution in [-0.2, 0) is 6.54 Å². The number of hydrogen-bond acceptors (Lipinski definition) is 5. The molecule has 24 heavy (non-hydrogen) atoms. The number of alkyl halides is 2. The van der Waals surface area contributed by atoms with Gasteiger partial charge in [-0.25, -0.2) is 4.98 Å². The summed E-state index contributed by atoms with van der Waals surface area (Å²) in [7, 11) is 1.86. The standard InChI is InChI=1S/C17H21F2N3O2/c1-12-4-3-5-13(16(12)24-17(18)19)10-20-15-7-6-14(11-21-15)22(2)8-9-23/h3-7,11,17,23H,8-10H2,1-2H3,(H,20,21). The van der Waals surface area contributed by atoms with Crippen LogP contribution < -0.4 is 15.0 Å². The zero-order valence-electron chi connectivity index (χ0n) is 13.7. The third-order valence-corrected chi connectivity index (χ3v) is 3.58. The van der Waals surface area contributed by atoms with Gasteiger partial charge in [-0.1, -0.05) is 18.2 Å². The Morgan fingerprint density at radius 2 is 2.08 bits per heavy atom. The van der Waals surface area contributed by atoms with Crippen molar-refractivity contribution >= 4 is 11.5 Å². The first-order chi connectivity index (χ1) is 11.5. The number of likely N-dealkylation sites (N-methyl/N-ethyl adjacent to an activating group) is 1. The minimum atomic E-state index is -2.86. The Morgan fingerprint density at radius 1 is 1.29 bits per heavy atom. The molecule has 0 spiro atoms. The minimum Gasteiger partial charge on any atom is -0.434 e. The average molecular weight is 337 g/mol. The highest BCUT2D eigenvalue weighted by Gasteiger charge is 2.12. The van der Waals surface area contributed by atoms with Crippen LogP contribution in [0.1, 0.15) is 11.1 Å². The molecule has 2 rings (SSSR count). The van der Waals surface area contributed by atoms with Crippen molar-refractivity contribution in [1.29, 1.82) is 0 Å². The molecule has 0 amide bonds. The minimum absolute atomic E-state index is 0.0662. The molecule has 0 saturated carbocycles. The number of anilines is 2. The molecule has 1 heterocycles. The fourth-order valence-electron chi connectivity index (χ4n) is 2.29. The lowest BCUT2D eigenvalue weighted by Gasteiger charge is -2.18. The zero-order valence-corrected chi connectivity index (χ0v) is 13.7. The van der Waals surface area contributed by atoms with Gasteiger partial charge in [0.05, 0.1) is 18.5 Å². The number of halogens is 2. The molecule has 0 saturated heterocycles. The summed E-state index contributed by atoms with van der Waals surface area (Å²) in [5.41, 5.74) is 2.17. The molecular formula is C17H21F2N3O2. The fourth-order valence-corrected chi connectivity index (χ4v) is 2.29.